The molecule has 5 nitrogen and oxygen atoms in total. The molecule has 0 aliphatic heterocycles. The second-order valence-electron chi connectivity index (χ2n) is 8.06. The average molecular weight is 468 g/mol. The van der Waals surface area contributed by atoms with Crippen molar-refractivity contribution in [2.24, 2.45) is 0 Å². The normalized spacial score (nSPS) is 14.3. The zero-order chi connectivity index (χ0) is 24.6. The number of carbonyl (C=O) groups excluding carboxylic acids is 1. The maximum Gasteiger partial charge on any atom is 0.459 e. The molecule has 1 N–H and O–H groups in total. The van der Waals surface area contributed by atoms with Gasteiger partial charge in [0.2, 0.25) is 0 Å². The van der Waals surface area contributed by atoms with Crippen molar-refractivity contribution in [3.8, 4) is 0 Å². The smallest absolute Gasteiger partial charge is 0.344 e. The first kappa shape index (κ1) is 24.6. The van der Waals surface area contributed by atoms with Gasteiger partial charge in [0.1, 0.15) is 5.69 Å². The lowest BCUT2D eigenvalue weighted by atomic mass is 9.95. The number of carbonyl (C=O) groups is 1. The molecule has 0 saturated carbocycles. The lowest BCUT2D eigenvalue weighted by molar-refractivity contribution is -0.291. The zero-order valence-electron chi connectivity index (χ0n) is 18.7. The summed E-state index contributed by atoms with van der Waals surface area (Å²) in [6.45, 7) is 7.36. The maximum atomic E-state index is 14.1. The van der Waals surface area contributed by atoms with Gasteiger partial charge in [-0.2, -0.15) is 27.1 Å². The Kier molecular flexibility index (Phi) is 6.76. The van der Waals surface area contributed by atoms with Crippen molar-refractivity contribution in [2.45, 2.75) is 64.6 Å². The standard InChI is InChI=1S/C23H25F5N4O/c1-5-13(3)15-7-9-16(10-8-15)17(6-2)30-21(33)18-12-20-29-14(4)11-19(32(20)31-18)22(24,25)23(26,27)28/h7-13,17H,5-6H2,1-4H3,(H,30,33). The molecule has 0 aliphatic rings. The van der Waals surface area contributed by atoms with Gasteiger partial charge in [-0.25, -0.2) is 9.50 Å². The van der Waals surface area contributed by atoms with Crippen molar-refractivity contribution in [3.05, 3.63) is 64.6 Å². The molecular formula is C23H25F5N4O. The third kappa shape index (κ3) is 4.84. The molecule has 178 valence electrons. The van der Waals surface area contributed by atoms with Gasteiger partial charge < -0.3 is 5.32 Å². The van der Waals surface area contributed by atoms with Gasteiger partial charge in [0.25, 0.3) is 5.91 Å². The van der Waals surface area contributed by atoms with Gasteiger partial charge in [0.15, 0.2) is 11.3 Å². The number of amides is 1. The zero-order valence-corrected chi connectivity index (χ0v) is 18.7. The van der Waals surface area contributed by atoms with Crippen LogP contribution in [0.25, 0.3) is 5.65 Å². The fourth-order valence-corrected chi connectivity index (χ4v) is 3.53. The van der Waals surface area contributed by atoms with E-state index in [0.717, 1.165) is 18.1 Å². The summed E-state index contributed by atoms with van der Waals surface area (Å²) in [5.74, 6) is -5.47. The van der Waals surface area contributed by atoms with E-state index in [1.165, 1.54) is 12.5 Å². The molecule has 1 amide bonds. The van der Waals surface area contributed by atoms with E-state index in [1.54, 1.807) is 0 Å². The van der Waals surface area contributed by atoms with E-state index >= 15 is 0 Å². The monoisotopic (exact) mass is 468 g/mol. The Hall–Kier alpha value is -3.04. The first-order chi connectivity index (χ1) is 15.4. The third-order valence-corrected chi connectivity index (χ3v) is 5.70. The lowest BCUT2D eigenvalue weighted by Crippen LogP contribution is -2.36. The molecule has 2 aromatic heterocycles. The number of alkyl halides is 5. The van der Waals surface area contributed by atoms with E-state index in [4.69, 9.17) is 0 Å². The van der Waals surface area contributed by atoms with E-state index in [2.05, 4.69) is 29.2 Å². The number of aromatic nitrogens is 3. The fourth-order valence-electron chi connectivity index (χ4n) is 3.53. The molecule has 2 atom stereocenters. The number of aryl methyl sites for hydroxylation is 1. The first-order valence-electron chi connectivity index (χ1n) is 10.6. The van der Waals surface area contributed by atoms with Gasteiger partial charge >= 0.3 is 12.1 Å². The lowest BCUT2D eigenvalue weighted by Gasteiger charge is -2.20. The molecule has 3 rings (SSSR count). The molecule has 0 aliphatic carbocycles. The van der Waals surface area contributed by atoms with E-state index in [0.29, 0.717) is 22.9 Å². The Morgan fingerprint density at radius 1 is 1.03 bits per heavy atom. The molecule has 33 heavy (non-hydrogen) atoms. The van der Waals surface area contributed by atoms with Gasteiger partial charge in [0.05, 0.1) is 6.04 Å². The average Bonchev–Trinajstić information content (AvgIpc) is 3.19. The Balaban J connectivity index is 1.91. The van der Waals surface area contributed by atoms with Crippen LogP contribution in [0.2, 0.25) is 0 Å². The van der Waals surface area contributed by atoms with Crippen LogP contribution in [0, 0.1) is 6.92 Å². The molecule has 10 heteroatoms. The van der Waals surface area contributed by atoms with Crippen LogP contribution in [0.15, 0.2) is 36.4 Å². The summed E-state index contributed by atoms with van der Waals surface area (Å²) in [4.78, 5) is 16.7. The Morgan fingerprint density at radius 2 is 1.64 bits per heavy atom. The number of nitrogens with one attached hydrogen (secondary N) is 1. The van der Waals surface area contributed by atoms with Gasteiger partial charge in [0, 0.05) is 11.8 Å². The van der Waals surface area contributed by atoms with Crippen molar-refractivity contribution in [1.29, 1.82) is 0 Å². The molecule has 0 spiro atoms. The summed E-state index contributed by atoms with van der Waals surface area (Å²) in [5.41, 5.74) is -0.0142. The van der Waals surface area contributed by atoms with Crippen LogP contribution >= 0.6 is 0 Å². The van der Waals surface area contributed by atoms with Crippen LogP contribution in [-0.4, -0.2) is 26.7 Å². The molecule has 3 aromatic rings. The first-order valence-corrected chi connectivity index (χ1v) is 10.6. The maximum absolute atomic E-state index is 14.1. The molecule has 0 fully saturated rings. The Morgan fingerprint density at radius 3 is 2.18 bits per heavy atom. The minimum atomic E-state index is -5.82. The van der Waals surface area contributed by atoms with Crippen LogP contribution in [0.4, 0.5) is 22.0 Å². The minimum absolute atomic E-state index is 0.0545. The number of fused-ring (bicyclic) bond motifs is 1. The summed E-state index contributed by atoms with van der Waals surface area (Å²) >= 11 is 0. The Labute approximate surface area is 188 Å². The molecule has 1 aromatic carbocycles. The number of halogens is 5. The number of benzene rings is 1. The highest BCUT2D eigenvalue weighted by atomic mass is 19.4. The SMILES string of the molecule is CCC(C)c1ccc(C(CC)NC(=O)c2cc3nc(C)cc(C(F)(F)C(F)(F)F)n3n2)cc1. The predicted molar refractivity (Wildman–Crippen MR) is 113 cm³/mol. The predicted octanol–water partition coefficient (Wildman–Crippen LogP) is 6.09. The largest absolute Gasteiger partial charge is 0.459 e. The molecular weight excluding hydrogens is 443 g/mol. The highest BCUT2D eigenvalue weighted by Gasteiger charge is 2.60. The summed E-state index contributed by atoms with van der Waals surface area (Å²) in [6, 6.07) is 9.11. The number of hydrogen-bond acceptors (Lipinski definition) is 3. The summed E-state index contributed by atoms with van der Waals surface area (Å²) in [6.07, 6.45) is -4.29. The number of hydrogen-bond donors (Lipinski definition) is 1. The summed E-state index contributed by atoms with van der Waals surface area (Å²) in [7, 11) is 0. The van der Waals surface area contributed by atoms with Crippen molar-refractivity contribution in [2.75, 3.05) is 0 Å². The topological polar surface area (TPSA) is 59.3 Å². The summed E-state index contributed by atoms with van der Waals surface area (Å²) < 4.78 is 67.4. The van der Waals surface area contributed by atoms with Crippen LogP contribution in [0.3, 0.4) is 0 Å². The molecule has 0 saturated heterocycles. The number of rotatable bonds is 7. The quantitative estimate of drug-likeness (QED) is 0.427. The van der Waals surface area contributed by atoms with Crippen LogP contribution in [0.1, 0.15) is 78.6 Å². The van der Waals surface area contributed by atoms with E-state index < -0.39 is 23.7 Å². The van der Waals surface area contributed by atoms with Crippen LogP contribution in [-0.2, 0) is 5.92 Å². The Bertz CT molecular complexity index is 1140. The van der Waals surface area contributed by atoms with Crippen molar-refractivity contribution in [3.63, 3.8) is 0 Å². The molecule has 2 heterocycles. The van der Waals surface area contributed by atoms with Crippen molar-refractivity contribution in [1.82, 2.24) is 19.9 Å². The van der Waals surface area contributed by atoms with Crippen LogP contribution in [0.5, 0.6) is 0 Å². The highest BCUT2D eigenvalue weighted by molar-refractivity contribution is 5.93. The minimum Gasteiger partial charge on any atom is -0.344 e. The summed E-state index contributed by atoms with van der Waals surface area (Å²) in [5, 5.41) is 6.50. The van der Waals surface area contributed by atoms with Gasteiger partial charge in [-0.15, -0.1) is 0 Å². The number of nitrogens with zero attached hydrogens (tertiary/aromatic N) is 3. The second kappa shape index (κ2) is 9.07. The van der Waals surface area contributed by atoms with Crippen molar-refractivity contribution < 1.29 is 26.7 Å². The van der Waals surface area contributed by atoms with Gasteiger partial charge in [-0.05, 0) is 42.9 Å². The highest BCUT2D eigenvalue weighted by Crippen LogP contribution is 2.43. The van der Waals surface area contributed by atoms with Gasteiger partial charge in [-0.3, -0.25) is 4.79 Å². The van der Waals surface area contributed by atoms with Crippen molar-refractivity contribution >= 4 is 11.6 Å². The molecule has 2 unspecified atom stereocenters. The van der Waals surface area contributed by atoms with Gasteiger partial charge in [-0.1, -0.05) is 45.0 Å². The fraction of sp³-hybridized carbons (Fsp3) is 0.435. The van der Waals surface area contributed by atoms with E-state index in [9.17, 15) is 26.7 Å². The molecule has 0 bridgehead atoms. The van der Waals surface area contributed by atoms with E-state index in [1.807, 2.05) is 31.2 Å². The molecule has 0 radical (unpaired) electrons. The third-order valence-electron chi connectivity index (χ3n) is 5.70. The van der Waals surface area contributed by atoms with E-state index in [-0.39, 0.29) is 23.1 Å². The van der Waals surface area contributed by atoms with Crippen LogP contribution < -0.4 is 5.32 Å². The second-order valence-corrected chi connectivity index (χ2v) is 8.06.